The van der Waals surface area contributed by atoms with Crippen molar-refractivity contribution < 1.29 is 19.1 Å². The Kier molecular flexibility index (Phi) is 4.26. The van der Waals surface area contributed by atoms with E-state index in [-0.39, 0.29) is 23.1 Å². The lowest BCUT2D eigenvalue weighted by Gasteiger charge is -2.16. The van der Waals surface area contributed by atoms with Crippen molar-refractivity contribution in [1.29, 1.82) is 0 Å². The first kappa shape index (κ1) is 13.2. The molecule has 4 heteroatoms. The van der Waals surface area contributed by atoms with Crippen molar-refractivity contribution in [3.63, 3.8) is 0 Å². The molecule has 0 saturated heterocycles. The number of rotatable bonds is 4. The van der Waals surface area contributed by atoms with Gasteiger partial charge in [0.2, 0.25) is 0 Å². The molecular weight excluding hydrogens is 220 g/mol. The van der Waals surface area contributed by atoms with E-state index < -0.39 is 0 Å². The van der Waals surface area contributed by atoms with Gasteiger partial charge in [-0.15, -0.1) is 0 Å². The summed E-state index contributed by atoms with van der Waals surface area (Å²) < 4.78 is 9.85. The van der Waals surface area contributed by atoms with Gasteiger partial charge in [0.15, 0.2) is 17.3 Å². The zero-order chi connectivity index (χ0) is 13.0. The van der Waals surface area contributed by atoms with E-state index in [0.717, 1.165) is 5.57 Å². The van der Waals surface area contributed by atoms with Crippen LogP contribution in [0.15, 0.2) is 34.8 Å². The fourth-order valence-electron chi connectivity index (χ4n) is 1.50. The van der Waals surface area contributed by atoms with E-state index in [1.165, 1.54) is 20.3 Å². The smallest absolute Gasteiger partial charge is 0.262 e. The Morgan fingerprint density at radius 3 is 2.35 bits per heavy atom. The molecule has 0 aromatic heterocycles. The second-order valence-corrected chi connectivity index (χ2v) is 3.90. The lowest BCUT2D eigenvalue weighted by atomic mass is 9.96. The Morgan fingerprint density at radius 1 is 1.24 bits per heavy atom. The quantitative estimate of drug-likeness (QED) is 0.553. The number of carbonyl (C=O) groups is 2. The summed E-state index contributed by atoms with van der Waals surface area (Å²) in [6.07, 6.45) is 3.48. The third kappa shape index (κ3) is 2.84. The number of ether oxygens (including phenoxy) is 2. The fourth-order valence-corrected chi connectivity index (χ4v) is 1.50. The first-order chi connectivity index (χ1) is 8.01. The van der Waals surface area contributed by atoms with E-state index in [1.54, 1.807) is 0 Å². The van der Waals surface area contributed by atoms with E-state index in [0.29, 0.717) is 12.0 Å². The van der Waals surface area contributed by atoms with Gasteiger partial charge < -0.3 is 9.47 Å². The van der Waals surface area contributed by atoms with Gasteiger partial charge in [-0.3, -0.25) is 9.59 Å². The van der Waals surface area contributed by atoms with Gasteiger partial charge in [-0.1, -0.05) is 11.6 Å². The molecular formula is C13H16O4. The maximum Gasteiger partial charge on any atom is 0.262 e. The minimum absolute atomic E-state index is 0.0211. The molecule has 1 aliphatic carbocycles. The number of methoxy groups -OCH3 is 2. The summed E-state index contributed by atoms with van der Waals surface area (Å²) in [5.41, 5.74) is 1.45. The molecule has 0 N–H and O–H groups in total. The van der Waals surface area contributed by atoms with Crippen LogP contribution < -0.4 is 0 Å². The summed E-state index contributed by atoms with van der Waals surface area (Å²) in [4.78, 5) is 23.7. The van der Waals surface area contributed by atoms with Crippen LogP contribution in [0.3, 0.4) is 0 Å². The summed E-state index contributed by atoms with van der Waals surface area (Å²) in [6.45, 7) is 3.86. The molecule has 17 heavy (non-hydrogen) atoms. The number of allylic oxidation sites excluding steroid dienone is 4. The van der Waals surface area contributed by atoms with Crippen molar-refractivity contribution >= 4 is 11.6 Å². The molecule has 1 rings (SSSR count). The monoisotopic (exact) mass is 236 g/mol. The maximum atomic E-state index is 11.8. The zero-order valence-electron chi connectivity index (χ0n) is 10.5. The second kappa shape index (κ2) is 5.48. The molecule has 92 valence electrons. The van der Waals surface area contributed by atoms with Gasteiger partial charge in [-0.2, -0.15) is 0 Å². The summed E-state index contributed by atoms with van der Waals surface area (Å²) in [5, 5.41) is 0. The third-order valence-electron chi connectivity index (χ3n) is 2.40. The van der Waals surface area contributed by atoms with Gasteiger partial charge in [-0.25, -0.2) is 0 Å². The van der Waals surface area contributed by atoms with Crippen LogP contribution in [-0.4, -0.2) is 25.8 Å². The summed E-state index contributed by atoms with van der Waals surface area (Å²) >= 11 is 0. The average molecular weight is 236 g/mol. The molecule has 1 aliphatic rings. The minimum Gasteiger partial charge on any atom is -0.492 e. The summed E-state index contributed by atoms with van der Waals surface area (Å²) in [7, 11) is 2.73. The Balaban J connectivity index is 3.11. The van der Waals surface area contributed by atoms with Crippen LogP contribution in [0.4, 0.5) is 0 Å². The molecule has 0 atom stereocenters. The van der Waals surface area contributed by atoms with Gasteiger partial charge in [0.1, 0.15) is 0 Å². The SMILES string of the molecule is COC1=CC(=O)C(CC=C(C)C)=C(OC)C1=O. The Labute approximate surface area is 101 Å². The van der Waals surface area contributed by atoms with Crippen molar-refractivity contribution in [1.82, 2.24) is 0 Å². The highest BCUT2D eigenvalue weighted by molar-refractivity contribution is 6.21. The normalized spacial score (nSPS) is 15.6. The third-order valence-corrected chi connectivity index (χ3v) is 2.40. The van der Waals surface area contributed by atoms with Gasteiger partial charge in [-0.05, 0) is 20.3 Å². The highest BCUT2D eigenvalue weighted by Crippen LogP contribution is 2.23. The van der Waals surface area contributed by atoms with Crippen molar-refractivity contribution in [2.45, 2.75) is 20.3 Å². The molecule has 4 nitrogen and oxygen atoms in total. The van der Waals surface area contributed by atoms with Crippen LogP contribution in [0, 0.1) is 0 Å². The first-order valence-corrected chi connectivity index (χ1v) is 5.26. The Hall–Kier alpha value is -1.84. The summed E-state index contributed by atoms with van der Waals surface area (Å²) in [6, 6.07) is 0. The van der Waals surface area contributed by atoms with Gasteiger partial charge in [0, 0.05) is 11.6 Å². The van der Waals surface area contributed by atoms with Crippen molar-refractivity contribution in [3.05, 3.63) is 34.8 Å². The van der Waals surface area contributed by atoms with Crippen LogP contribution in [0.2, 0.25) is 0 Å². The second-order valence-electron chi connectivity index (χ2n) is 3.90. The lowest BCUT2D eigenvalue weighted by molar-refractivity contribution is -0.120. The molecule has 0 spiro atoms. The van der Waals surface area contributed by atoms with E-state index in [4.69, 9.17) is 9.47 Å². The summed E-state index contributed by atoms with van der Waals surface area (Å²) in [5.74, 6) is -0.526. The van der Waals surface area contributed by atoms with Crippen molar-refractivity contribution in [2.24, 2.45) is 0 Å². The van der Waals surface area contributed by atoms with E-state index in [2.05, 4.69) is 0 Å². The number of ketones is 2. The molecule has 0 unspecified atom stereocenters. The highest BCUT2D eigenvalue weighted by atomic mass is 16.5. The van der Waals surface area contributed by atoms with E-state index in [1.807, 2.05) is 19.9 Å². The molecule has 0 aliphatic heterocycles. The average Bonchev–Trinajstić information content (AvgIpc) is 2.29. The first-order valence-electron chi connectivity index (χ1n) is 5.26. The number of carbonyl (C=O) groups excluding carboxylic acids is 2. The zero-order valence-corrected chi connectivity index (χ0v) is 10.5. The molecule has 0 radical (unpaired) electrons. The molecule has 0 aromatic rings. The maximum absolute atomic E-state index is 11.8. The number of hydrogen-bond donors (Lipinski definition) is 0. The molecule has 0 bridgehead atoms. The van der Waals surface area contributed by atoms with Crippen molar-refractivity contribution in [3.8, 4) is 0 Å². The molecule has 0 heterocycles. The highest BCUT2D eigenvalue weighted by Gasteiger charge is 2.29. The Morgan fingerprint density at radius 2 is 1.88 bits per heavy atom. The van der Waals surface area contributed by atoms with E-state index >= 15 is 0 Å². The van der Waals surface area contributed by atoms with Gasteiger partial charge in [0.05, 0.1) is 14.2 Å². The van der Waals surface area contributed by atoms with Gasteiger partial charge >= 0.3 is 0 Å². The van der Waals surface area contributed by atoms with Gasteiger partial charge in [0.25, 0.3) is 5.78 Å². The predicted octanol–water partition coefficient (Wildman–Crippen LogP) is 1.93. The topological polar surface area (TPSA) is 52.6 Å². The number of Topliss-reactive ketones (excluding diaryl/α,β-unsaturated/α-hetero) is 1. The van der Waals surface area contributed by atoms with Crippen LogP contribution in [0.25, 0.3) is 0 Å². The van der Waals surface area contributed by atoms with Crippen LogP contribution in [0.1, 0.15) is 20.3 Å². The predicted molar refractivity (Wildman–Crippen MR) is 63.2 cm³/mol. The van der Waals surface area contributed by atoms with Crippen LogP contribution in [0.5, 0.6) is 0 Å². The molecule has 0 aromatic carbocycles. The van der Waals surface area contributed by atoms with Crippen molar-refractivity contribution in [2.75, 3.05) is 14.2 Å². The standard InChI is InChI=1S/C13H16O4/c1-8(2)5-6-9-10(14)7-11(16-3)12(15)13(9)17-4/h5,7H,6H2,1-4H3. The van der Waals surface area contributed by atoms with Crippen LogP contribution >= 0.6 is 0 Å². The largest absolute Gasteiger partial charge is 0.492 e. The minimum atomic E-state index is -0.383. The Bertz CT molecular complexity index is 434. The molecule has 0 saturated carbocycles. The lowest BCUT2D eigenvalue weighted by Crippen LogP contribution is -2.21. The fraction of sp³-hybridized carbons (Fsp3) is 0.385. The van der Waals surface area contributed by atoms with E-state index in [9.17, 15) is 9.59 Å². The van der Waals surface area contributed by atoms with Crippen LogP contribution in [-0.2, 0) is 19.1 Å². The number of hydrogen-bond acceptors (Lipinski definition) is 4. The molecule has 0 amide bonds. The molecule has 0 fully saturated rings.